The molecule has 0 aromatic heterocycles. The first kappa shape index (κ1) is 15.9. The Bertz CT molecular complexity index is 263. The topological polar surface area (TPSA) is 55.8 Å². The maximum atomic E-state index is 12.1. The molecule has 0 bridgehead atoms. The van der Waals surface area contributed by atoms with E-state index in [-0.39, 0.29) is 18.4 Å². The maximum Gasteiger partial charge on any atom is 0.325 e. The van der Waals surface area contributed by atoms with E-state index in [1.165, 1.54) is 12.0 Å². The Morgan fingerprint density at radius 3 is 2.24 bits per heavy atom. The van der Waals surface area contributed by atoms with Crippen LogP contribution in [0.15, 0.2) is 0 Å². The molecule has 0 saturated heterocycles. The van der Waals surface area contributed by atoms with Crippen LogP contribution in [-0.4, -0.2) is 49.2 Å². The van der Waals surface area contributed by atoms with Gasteiger partial charge in [-0.25, -0.2) is 0 Å². The highest BCUT2D eigenvalue weighted by atomic mass is 16.5. The van der Waals surface area contributed by atoms with E-state index in [1.807, 2.05) is 6.92 Å². The first-order valence-corrected chi connectivity index (χ1v) is 5.89. The Morgan fingerprint density at radius 2 is 1.82 bits per heavy atom. The van der Waals surface area contributed by atoms with Gasteiger partial charge < -0.3 is 14.4 Å². The Hall–Kier alpha value is -1.10. The summed E-state index contributed by atoms with van der Waals surface area (Å²) in [6.45, 7) is 7.87. The maximum absolute atomic E-state index is 12.1. The van der Waals surface area contributed by atoms with Crippen LogP contribution in [0, 0.1) is 0 Å². The highest BCUT2D eigenvalue weighted by molar-refractivity contribution is 5.87. The molecule has 0 heterocycles. The van der Waals surface area contributed by atoms with Gasteiger partial charge in [0.25, 0.3) is 5.91 Å². The SMILES string of the molecule is CCCN(CC(=O)OCC)C(=O)C(C)(C)OC. The first-order chi connectivity index (χ1) is 7.88. The van der Waals surface area contributed by atoms with Gasteiger partial charge in [-0.2, -0.15) is 0 Å². The van der Waals surface area contributed by atoms with Gasteiger partial charge in [0.05, 0.1) is 6.61 Å². The molecule has 17 heavy (non-hydrogen) atoms. The lowest BCUT2D eigenvalue weighted by atomic mass is 10.1. The standard InChI is InChI=1S/C12H23NO4/c1-6-8-13(9-10(14)17-7-2)11(15)12(3,4)16-5/h6-9H2,1-5H3. The van der Waals surface area contributed by atoms with Crippen molar-refractivity contribution in [1.82, 2.24) is 4.90 Å². The van der Waals surface area contributed by atoms with Crippen molar-refractivity contribution >= 4 is 11.9 Å². The van der Waals surface area contributed by atoms with Crippen molar-refractivity contribution in [2.45, 2.75) is 39.7 Å². The number of rotatable bonds is 7. The van der Waals surface area contributed by atoms with E-state index in [0.717, 1.165) is 6.42 Å². The molecule has 0 N–H and O–H groups in total. The zero-order valence-corrected chi connectivity index (χ0v) is 11.4. The lowest BCUT2D eigenvalue weighted by Crippen LogP contribution is -2.48. The largest absolute Gasteiger partial charge is 0.465 e. The third-order valence-electron chi connectivity index (χ3n) is 2.43. The Labute approximate surface area is 103 Å². The minimum atomic E-state index is -0.915. The minimum absolute atomic E-state index is 0.0205. The van der Waals surface area contributed by atoms with Crippen molar-refractivity contribution in [3.8, 4) is 0 Å². The number of methoxy groups -OCH3 is 1. The molecular weight excluding hydrogens is 222 g/mol. The summed E-state index contributed by atoms with van der Waals surface area (Å²) in [4.78, 5) is 25.0. The van der Waals surface area contributed by atoms with E-state index in [0.29, 0.717) is 13.2 Å². The van der Waals surface area contributed by atoms with Crippen LogP contribution in [0.2, 0.25) is 0 Å². The zero-order valence-electron chi connectivity index (χ0n) is 11.4. The third kappa shape index (κ3) is 5.17. The van der Waals surface area contributed by atoms with Gasteiger partial charge in [-0.3, -0.25) is 9.59 Å². The minimum Gasteiger partial charge on any atom is -0.465 e. The van der Waals surface area contributed by atoms with Gasteiger partial charge in [-0.1, -0.05) is 6.92 Å². The smallest absolute Gasteiger partial charge is 0.325 e. The summed E-state index contributed by atoms with van der Waals surface area (Å²) in [6, 6.07) is 0. The molecule has 0 aromatic carbocycles. The number of hydrogen-bond donors (Lipinski definition) is 0. The average molecular weight is 245 g/mol. The number of carbonyl (C=O) groups excluding carboxylic acids is 2. The fourth-order valence-corrected chi connectivity index (χ4v) is 1.35. The van der Waals surface area contributed by atoms with Gasteiger partial charge in [0.15, 0.2) is 0 Å². The summed E-state index contributed by atoms with van der Waals surface area (Å²) >= 11 is 0. The summed E-state index contributed by atoms with van der Waals surface area (Å²) in [7, 11) is 1.48. The van der Waals surface area contributed by atoms with Crippen molar-refractivity contribution in [3.05, 3.63) is 0 Å². The molecule has 0 aromatic rings. The number of carbonyl (C=O) groups is 2. The molecule has 5 heteroatoms. The number of esters is 1. The van der Waals surface area contributed by atoms with Gasteiger partial charge in [-0.05, 0) is 27.2 Å². The molecule has 0 rings (SSSR count). The Balaban J connectivity index is 4.62. The Morgan fingerprint density at radius 1 is 1.24 bits per heavy atom. The summed E-state index contributed by atoms with van der Waals surface area (Å²) in [5, 5.41) is 0. The molecule has 0 saturated carbocycles. The summed E-state index contributed by atoms with van der Waals surface area (Å²) in [5.41, 5.74) is -0.915. The molecule has 0 atom stereocenters. The van der Waals surface area contributed by atoms with Crippen molar-refractivity contribution in [2.24, 2.45) is 0 Å². The average Bonchev–Trinajstić information content (AvgIpc) is 2.27. The van der Waals surface area contributed by atoms with Crippen molar-refractivity contribution in [1.29, 1.82) is 0 Å². The lowest BCUT2D eigenvalue weighted by Gasteiger charge is -2.30. The molecule has 0 unspecified atom stereocenters. The van der Waals surface area contributed by atoms with Crippen LogP contribution in [0.1, 0.15) is 34.1 Å². The van der Waals surface area contributed by atoms with Gasteiger partial charge in [-0.15, -0.1) is 0 Å². The van der Waals surface area contributed by atoms with Gasteiger partial charge in [0.1, 0.15) is 12.1 Å². The number of amides is 1. The second kappa shape index (κ2) is 7.27. The van der Waals surface area contributed by atoms with Crippen molar-refractivity contribution in [2.75, 3.05) is 26.8 Å². The molecule has 100 valence electrons. The predicted octanol–water partition coefficient (Wildman–Crippen LogP) is 1.21. The molecule has 0 aliphatic heterocycles. The zero-order chi connectivity index (χ0) is 13.5. The number of ether oxygens (including phenoxy) is 2. The van der Waals surface area contributed by atoms with Crippen LogP contribution in [0.3, 0.4) is 0 Å². The third-order valence-corrected chi connectivity index (χ3v) is 2.43. The molecule has 0 aliphatic rings. The normalized spacial score (nSPS) is 11.1. The second-order valence-electron chi connectivity index (χ2n) is 4.25. The van der Waals surface area contributed by atoms with E-state index in [2.05, 4.69) is 0 Å². The summed E-state index contributed by atoms with van der Waals surface area (Å²) in [6.07, 6.45) is 0.783. The molecule has 1 amide bonds. The number of hydrogen-bond acceptors (Lipinski definition) is 4. The van der Waals surface area contributed by atoms with E-state index < -0.39 is 5.60 Å². The molecule has 0 aliphatic carbocycles. The van der Waals surface area contributed by atoms with Gasteiger partial charge in [0.2, 0.25) is 0 Å². The van der Waals surface area contributed by atoms with Crippen molar-refractivity contribution < 1.29 is 19.1 Å². The summed E-state index contributed by atoms with van der Waals surface area (Å²) in [5.74, 6) is -0.587. The molecule has 0 fully saturated rings. The monoisotopic (exact) mass is 245 g/mol. The highest BCUT2D eigenvalue weighted by Crippen LogP contribution is 2.12. The van der Waals surface area contributed by atoms with Crippen LogP contribution in [0.4, 0.5) is 0 Å². The highest BCUT2D eigenvalue weighted by Gasteiger charge is 2.32. The summed E-state index contributed by atoms with van der Waals surface area (Å²) < 4.78 is 9.97. The van der Waals surface area contributed by atoms with E-state index >= 15 is 0 Å². The molecule has 0 radical (unpaired) electrons. The van der Waals surface area contributed by atoms with Crippen LogP contribution >= 0.6 is 0 Å². The molecule has 0 spiro atoms. The van der Waals surface area contributed by atoms with Crippen LogP contribution < -0.4 is 0 Å². The number of nitrogens with zero attached hydrogens (tertiary/aromatic N) is 1. The predicted molar refractivity (Wildman–Crippen MR) is 64.6 cm³/mol. The van der Waals surface area contributed by atoms with Crippen LogP contribution in [0.5, 0.6) is 0 Å². The van der Waals surface area contributed by atoms with Crippen LogP contribution in [-0.2, 0) is 19.1 Å². The van der Waals surface area contributed by atoms with Crippen LogP contribution in [0.25, 0.3) is 0 Å². The van der Waals surface area contributed by atoms with Gasteiger partial charge >= 0.3 is 5.97 Å². The fourth-order valence-electron chi connectivity index (χ4n) is 1.35. The second-order valence-corrected chi connectivity index (χ2v) is 4.25. The quantitative estimate of drug-likeness (QED) is 0.633. The Kier molecular flexibility index (Phi) is 6.80. The van der Waals surface area contributed by atoms with E-state index in [1.54, 1.807) is 20.8 Å². The fraction of sp³-hybridized carbons (Fsp3) is 0.833. The van der Waals surface area contributed by atoms with Crippen molar-refractivity contribution in [3.63, 3.8) is 0 Å². The molecule has 5 nitrogen and oxygen atoms in total. The molecular formula is C12H23NO4. The van der Waals surface area contributed by atoms with E-state index in [9.17, 15) is 9.59 Å². The van der Waals surface area contributed by atoms with Gasteiger partial charge in [0, 0.05) is 13.7 Å². The van der Waals surface area contributed by atoms with E-state index in [4.69, 9.17) is 9.47 Å². The lowest BCUT2D eigenvalue weighted by molar-refractivity contribution is -0.158. The first-order valence-electron chi connectivity index (χ1n) is 5.89.